The molecule has 0 radical (unpaired) electrons. The summed E-state index contributed by atoms with van der Waals surface area (Å²) in [5.74, 6) is 1.47. The van der Waals surface area contributed by atoms with Gasteiger partial charge in [-0.1, -0.05) is 6.07 Å². The summed E-state index contributed by atoms with van der Waals surface area (Å²) in [6.45, 7) is 3.62. The van der Waals surface area contributed by atoms with Crippen LogP contribution in [0, 0.1) is 5.41 Å². The van der Waals surface area contributed by atoms with Crippen molar-refractivity contribution in [2.75, 3.05) is 18.3 Å². The third-order valence-electron chi connectivity index (χ3n) is 4.07. The molecule has 130 valence electrons. The minimum atomic E-state index is -0.683. The van der Waals surface area contributed by atoms with Crippen LogP contribution in [0.2, 0.25) is 0 Å². The summed E-state index contributed by atoms with van der Waals surface area (Å²) in [6.07, 6.45) is 1.87. The van der Waals surface area contributed by atoms with Gasteiger partial charge in [-0.15, -0.1) is 11.6 Å². The Bertz CT molecular complexity index is 901. The number of amides is 1. The van der Waals surface area contributed by atoms with Crippen molar-refractivity contribution in [3.63, 3.8) is 0 Å². The average molecular weight is 358 g/mol. The van der Waals surface area contributed by atoms with E-state index >= 15 is 0 Å². The first-order valence-corrected chi connectivity index (χ1v) is 8.48. The fraction of sp³-hybridized carbons (Fsp3) is 0.263. The number of imidazole rings is 1. The topological polar surface area (TPSA) is 55.6 Å². The summed E-state index contributed by atoms with van der Waals surface area (Å²) >= 11 is 5.94. The molecule has 25 heavy (non-hydrogen) atoms. The van der Waals surface area contributed by atoms with E-state index in [-0.39, 0.29) is 11.8 Å². The molecule has 0 aliphatic heterocycles. The Labute approximate surface area is 151 Å². The second-order valence-electron chi connectivity index (χ2n) is 6.44. The number of benzene rings is 1. The molecule has 5 nitrogen and oxygen atoms in total. The Kier molecular flexibility index (Phi) is 4.68. The lowest BCUT2D eigenvalue weighted by Gasteiger charge is -2.20. The molecule has 0 unspecified atom stereocenters. The summed E-state index contributed by atoms with van der Waals surface area (Å²) in [7, 11) is 1.62. The van der Waals surface area contributed by atoms with Gasteiger partial charge >= 0.3 is 0 Å². The van der Waals surface area contributed by atoms with E-state index in [2.05, 4.69) is 10.3 Å². The molecule has 0 saturated carbocycles. The van der Waals surface area contributed by atoms with Gasteiger partial charge in [-0.25, -0.2) is 4.98 Å². The van der Waals surface area contributed by atoms with Crippen molar-refractivity contribution in [1.82, 2.24) is 9.38 Å². The Hall–Kier alpha value is -2.53. The predicted octanol–water partition coefficient (Wildman–Crippen LogP) is 4.21. The molecule has 2 heterocycles. The number of methoxy groups -OCH3 is 1. The number of carbonyl (C=O) groups excluding carboxylic acids is 1. The second-order valence-corrected chi connectivity index (χ2v) is 6.71. The minimum Gasteiger partial charge on any atom is -0.497 e. The summed E-state index contributed by atoms with van der Waals surface area (Å²) in [6, 6.07) is 13.3. The van der Waals surface area contributed by atoms with Crippen LogP contribution in [-0.2, 0) is 4.79 Å². The first kappa shape index (κ1) is 17.3. The smallest absolute Gasteiger partial charge is 0.232 e. The zero-order chi connectivity index (χ0) is 18.0. The molecule has 0 fully saturated rings. The summed E-state index contributed by atoms with van der Waals surface area (Å²) in [5.41, 5.74) is 1.67. The van der Waals surface area contributed by atoms with Crippen LogP contribution in [0.15, 0.2) is 48.7 Å². The number of halogens is 1. The SMILES string of the molecule is COc1ccc(-c2nc3ccccn3c2NC(=O)C(C)(C)CCl)cc1. The number of ether oxygens (including phenoxy) is 1. The van der Waals surface area contributed by atoms with Gasteiger partial charge in [0.2, 0.25) is 5.91 Å². The number of hydrogen-bond acceptors (Lipinski definition) is 3. The zero-order valence-electron chi connectivity index (χ0n) is 14.4. The van der Waals surface area contributed by atoms with E-state index in [1.54, 1.807) is 7.11 Å². The summed E-state index contributed by atoms with van der Waals surface area (Å²) in [5, 5.41) is 3.00. The van der Waals surface area contributed by atoms with E-state index in [0.29, 0.717) is 11.5 Å². The van der Waals surface area contributed by atoms with Gasteiger partial charge in [0.25, 0.3) is 0 Å². The van der Waals surface area contributed by atoms with Crippen LogP contribution < -0.4 is 10.1 Å². The van der Waals surface area contributed by atoms with Crippen molar-refractivity contribution < 1.29 is 9.53 Å². The maximum atomic E-state index is 12.6. The largest absolute Gasteiger partial charge is 0.497 e. The molecule has 0 saturated heterocycles. The summed E-state index contributed by atoms with van der Waals surface area (Å²) in [4.78, 5) is 17.3. The highest BCUT2D eigenvalue weighted by molar-refractivity contribution is 6.20. The molecule has 3 rings (SSSR count). The number of nitrogens with zero attached hydrogens (tertiary/aromatic N) is 2. The zero-order valence-corrected chi connectivity index (χ0v) is 15.2. The van der Waals surface area contributed by atoms with Crippen LogP contribution in [0.1, 0.15) is 13.8 Å². The van der Waals surface area contributed by atoms with Crippen LogP contribution in [-0.4, -0.2) is 28.3 Å². The molecule has 6 heteroatoms. The van der Waals surface area contributed by atoms with Gasteiger partial charge in [0.05, 0.1) is 12.5 Å². The quantitative estimate of drug-likeness (QED) is 0.696. The van der Waals surface area contributed by atoms with Gasteiger partial charge in [-0.2, -0.15) is 0 Å². The molecule has 1 aromatic carbocycles. The molecular formula is C19H20ClN3O2. The lowest BCUT2D eigenvalue weighted by molar-refractivity contribution is -0.123. The highest BCUT2D eigenvalue weighted by atomic mass is 35.5. The fourth-order valence-electron chi connectivity index (χ4n) is 2.40. The molecule has 1 amide bonds. The lowest BCUT2D eigenvalue weighted by atomic mass is 9.95. The van der Waals surface area contributed by atoms with Gasteiger partial charge in [0, 0.05) is 17.6 Å². The van der Waals surface area contributed by atoms with Crippen LogP contribution >= 0.6 is 11.6 Å². The first-order valence-electron chi connectivity index (χ1n) is 7.95. The molecule has 0 bridgehead atoms. The highest BCUT2D eigenvalue weighted by Crippen LogP contribution is 2.31. The lowest BCUT2D eigenvalue weighted by Crippen LogP contribution is -2.32. The number of aromatic nitrogens is 2. The Morgan fingerprint density at radius 1 is 1.24 bits per heavy atom. The maximum Gasteiger partial charge on any atom is 0.232 e. The van der Waals surface area contributed by atoms with Crippen molar-refractivity contribution in [3.8, 4) is 17.0 Å². The number of fused-ring (bicyclic) bond motifs is 1. The molecule has 0 atom stereocenters. The third-order valence-corrected chi connectivity index (χ3v) is 4.74. The van der Waals surface area contributed by atoms with Gasteiger partial charge in [-0.3, -0.25) is 9.20 Å². The predicted molar refractivity (Wildman–Crippen MR) is 100 cm³/mol. The van der Waals surface area contributed by atoms with Crippen molar-refractivity contribution in [1.29, 1.82) is 0 Å². The number of anilines is 1. The molecule has 1 N–H and O–H groups in total. The Balaban J connectivity index is 2.10. The van der Waals surface area contributed by atoms with E-state index in [1.165, 1.54) is 0 Å². The average Bonchev–Trinajstić information content (AvgIpc) is 3.00. The number of hydrogen-bond donors (Lipinski definition) is 1. The van der Waals surface area contributed by atoms with Crippen LogP contribution in [0.25, 0.3) is 16.9 Å². The van der Waals surface area contributed by atoms with Crippen molar-refractivity contribution in [3.05, 3.63) is 48.7 Å². The van der Waals surface area contributed by atoms with Gasteiger partial charge in [0.15, 0.2) is 0 Å². The highest BCUT2D eigenvalue weighted by Gasteiger charge is 2.28. The number of rotatable bonds is 5. The standard InChI is InChI=1S/C19H20ClN3O2/c1-19(2,12-20)18(24)22-17-16(13-7-9-14(25-3)10-8-13)21-15-6-4-5-11-23(15)17/h4-11H,12H2,1-3H3,(H,22,24). The van der Waals surface area contributed by atoms with E-state index in [4.69, 9.17) is 16.3 Å². The van der Waals surface area contributed by atoms with Crippen LogP contribution in [0.5, 0.6) is 5.75 Å². The normalized spacial score (nSPS) is 11.5. The number of pyridine rings is 1. The van der Waals surface area contributed by atoms with E-state index in [0.717, 1.165) is 17.0 Å². The van der Waals surface area contributed by atoms with Crippen molar-refractivity contribution >= 4 is 29.0 Å². The van der Waals surface area contributed by atoms with Crippen molar-refractivity contribution in [2.45, 2.75) is 13.8 Å². The van der Waals surface area contributed by atoms with Crippen LogP contribution in [0.4, 0.5) is 5.82 Å². The second kappa shape index (κ2) is 6.76. The number of carbonyl (C=O) groups is 1. The van der Waals surface area contributed by atoms with E-state index < -0.39 is 5.41 Å². The molecule has 3 aromatic rings. The van der Waals surface area contributed by atoms with Crippen LogP contribution in [0.3, 0.4) is 0 Å². The number of alkyl halides is 1. The van der Waals surface area contributed by atoms with Gasteiger partial charge in [-0.05, 0) is 50.2 Å². The van der Waals surface area contributed by atoms with Gasteiger partial charge in [0.1, 0.15) is 22.9 Å². The van der Waals surface area contributed by atoms with E-state index in [1.807, 2.05) is 66.9 Å². The first-order chi connectivity index (χ1) is 12.0. The number of nitrogens with one attached hydrogen (secondary N) is 1. The molecular weight excluding hydrogens is 338 g/mol. The van der Waals surface area contributed by atoms with Crippen molar-refractivity contribution in [2.24, 2.45) is 5.41 Å². The molecule has 0 spiro atoms. The molecule has 0 aliphatic carbocycles. The maximum absolute atomic E-state index is 12.6. The minimum absolute atomic E-state index is 0.150. The third kappa shape index (κ3) is 3.33. The monoisotopic (exact) mass is 357 g/mol. The summed E-state index contributed by atoms with van der Waals surface area (Å²) < 4.78 is 7.07. The van der Waals surface area contributed by atoms with E-state index in [9.17, 15) is 4.79 Å². The molecule has 0 aliphatic rings. The van der Waals surface area contributed by atoms with Gasteiger partial charge < -0.3 is 10.1 Å². The Morgan fingerprint density at radius 3 is 2.60 bits per heavy atom. The Morgan fingerprint density at radius 2 is 1.96 bits per heavy atom. The molecule has 2 aromatic heterocycles. The fourth-order valence-corrected chi connectivity index (χ4v) is 2.52.